The maximum absolute atomic E-state index is 13.0. The Morgan fingerprint density at radius 2 is 1.77 bits per heavy atom. The first kappa shape index (κ1) is 16.0. The summed E-state index contributed by atoms with van der Waals surface area (Å²) in [4.78, 5) is 16.5. The molecule has 1 aromatic heterocycles. The molecule has 0 aliphatic carbocycles. The smallest absolute Gasteiger partial charge is 0.363 e. The van der Waals surface area contributed by atoms with Crippen LogP contribution in [-0.4, -0.2) is 17.0 Å². The van der Waals surface area contributed by atoms with Gasteiger partial charge in [-0.2, -0.15) is 0 Å². The molecule has 0 saturated heterocycles. The molecule has 0 amide bonds. The Balaban J connectivity index is 1.75. The van der Waals surface area contributed by atoms with Crippen molar-refractivity contribution in [3.8, 4) is 11.3 Å². The Hall–Kier alpha value is -3.54. The number of ether oxygens (including phenoxy) is 1. The van der Waals surface area contributed by atoms with Crippen molar-refractivity contribution in [2.45, 2.75) is 6.92 Å². The lowest BCUT2D eigenvalue weighted by Gasteiger charge is -2.01. The van der Waals surface area contributed by atoms with Gasteiger partial charge in [-0.25, -0.2) is 14.2 Å². The minimum Gasteiger partial charge on any atom is -0.402 e. The van der Waals surface area contributed by atoms with E-state index in [2.05, 4.69) is 10.1 Å². The van der Waals surface area contributed by atoms with Crippen molar-refractivity contribution in [1.82, 2.24) is 5.16 Å². The topological polar surface area (TPSA) is 64.7 Å². The zero-order chi connectivity index (χ0) is 18.1. The molecule has 0 saturated carbocycles. The minimum absolute atomic E-state index is 0.131. The van der Waals surface area contributed by atoms with E-state index in [4.69, 9.17) is 9.26 Å². The molecule has 0 radical (unpaired) electrons. The van der Waals surface area contributed by atoms with Crippen LogP contribution >= 0.6 is 0 Å². The number of carbonyl (C=O) groups is 1. The van der Waals surface area contributed by atoms with Gasteiger partial charge < -0.3 is 9.26 Å². The van der Waals surface area contributed by atoms with Gasteiger partial charge in [0.1, 0.15) is 22.8 Å². The predicted octanol–water partition coefficient (Wildman–Crippen LogP) is 4.13. The molecule has 0 bridgehead atoms. The van der Waals surface area contributed by atoms with Crippen molar-refractivity contribution in [3.05, 3.63) is 83.0 Å². The first-order valence-electron chi connectivity index (χ1n) is 7.92. The van der Waals surface area contributed by atoms with E-state index in [-0.39, 0.29) is 17.4 Å². The standard InChI is InChI=1S/C20H13FN2O3/c1-12-17(18(23-26-12)14-5-3-2-4-6-14)19-22-16(20(24)25-19)11-13-7-9-15(21)10-8-13/h2-11H,1H3. The Labute approximate surface area is 148 Å². The van der Waals surface area contributed by atoms with Crippen LogP contribution in [0.4, 0.5) is 4.39 Å². The second-order valence-electron chi connectivity index (χ2n) is 5.72. The Kier molecular flexibility index (Phi) is 3.93. The van der Waals surface area contributed by atoms with Crippen LogP contribution in [-0.2, 0) is 9.53 Å². The summed E-state index contributed by atoms with van der Waals surface area (Å²) in [6.07, 6.45) is 1.54. The van der Waals surface area contributed by atoms with Crippen molar-refractivity contribution in [2.24, 2.45) is 4.99 Å². The highest BCUT2D eigenvalue weighted by atomic mass is 19.1. The largest absolute Gasteiger partial charge is 0.402 e. The van der Waals surface area contributed by atoms with Crippen LogP contribution in [0.2, 0.25) is 0 Å². The van der Waals surface area contributed by atoms with Gasteiger partial charge in [0.25, 0.3) is 0 Å². The summed E-state index contributed by atoms with van der Waals surface area (Å²) in [5.41, 5.74) is 2.69. The number of aryl methyl sites for hydroxylation is 1. The highest BCUT2D eigenvalue weighted by Crippen LogP contribution is 2.29. The van der Waals surface area contributed by atoms with Gasteiger partial charge in [-0.05, 0) is 30.7 Å². The van der Waals surface area contributed by atoms with Gasteiger partial charge in [-0.3, -0.25) is 0 Å². The fourth-order valence-electron chi connectivity index (χ4n) is 2.65. The van der Waals surface area contributed by atoms with Crippen molar-refractivity contribution in [2.75, 3.05) is 0 Å². The molecule has 2 aromatic carbocycles. The molecule has 128 valence electrons. The number of nitrogens with zero attached hydrogens (tertiary/aromatic N) is 2. The molecule has 1 aliphatic heterocycles. The number of carbonyl (C=O) groups excluding carboxylic acids is 1. The summed E-state index contributed by atoms with van der Waals surface area (Å²) in [5.74, 6) is -0.290. The third-order valence-corrected chi connectivity index (χ3v) is 3.92. The summed E-state index contributed by atoms with van der Waals surface area (Å²) < 4.78 is 23.6. The number of rotatable bonds is 3. The molecule has 3 aromatic rings. The van der Waals surface area contributed by atoms with Crippen LogP contribution in [0.1, 0.15) is 16.9 Å². The van der Waals surface area contributed by atoms with Crippen LogP contribution in [0, 0.1) is 12.7 Å². The Morgan fingerprint density at radius 1 is 1.04 bits per heavy atom. The highest BCUT2D eigenvalue weighted by Gasteiger charge is 2.30. The first-order valence-corrected chi connectivity index (χ1v) is 7.92. The molecule has 0 unspecified atom stereocenters. The average molecular weight is 348 g/mol. The third kappa shape index (κ3) is 2.93. The molecular weight excluding hydrogens is 335 g/mol. The second kappa shape index (κ2) is 6.40. The van der Waals surface area contributed by atoms with E-state index in [1.165, 1.54) is 12.1 Å². The molecule has 0 atom stereocenters. The predicted molar refractivity (Wildman–Crippen MR) is 93.7 cm³/mol. The van der Waals surface area contributed by atoms with E-state index in [1.807, 2.05) is 30.3 Å². The van der Waals surface area contributed by atoms with Crippen molar-refractivity contribution < 1.29 is 18.4 Å². The van der Waals surface area contributed by atoms with E-state index in [0.717, 1.165) is 5.56 Å². The molecule has 0 fully saturated rings. The summed E-state index contributed by atoms with van der Waals surface area (Å²) in [6.45, 7) is 1.73. The Bertz CT molecular complexity index is 1030. The molecule has 6 heteroatoms. The number of esters is 1. The summed E-state index contributed by atoms with van der Waals surface area (Å²) >= 11 is 0. The minimum atomic E-state index is -0.580. The summed E-state index contributed by atoms with van der Waals surface area (Å²) in [6, 6.07) is 15.2. The van der Waals surface area contributed by atoms with E-state index in [9.17, 15) is 9.18 Å². The zero-order valence-electron chi connectivity index (χ0n) is 13.8. The number of aliphatic imine (C=N–C) groups is 1. The van der Waals surface area contributed by atoms with Gasteiger partial charge in [-0.15, -0.1) is 0 Å². The third-order valence-electron chi connectivity index (χ3n) is 3.92. The molecule has 0 spiro atoms. The molecule has 4 rings (SSSR count). The molecule has 0 N–H and O–H groups in total. The molecule has 2 heterocycles. The van der Waals surface area contributed by atoms with Crippen LogP contribution in [0.15, 0.2) is 69.8 Å². The van der Waals surface area contributed by atoms with Gasteiger partial charge >= 0.3 is 5.97 Å². The maximum atomic E-state index is 13.0. The lowest BCUT2D eigenvalue weighted by atomic mass is 10.1. The quantitative estimate of drug-likeness (QED) is 0.527. The number of hydrogen-bond acceptors (Lipinski definition) is 5. The van der Waals surface area contributed by atoms with Gasteiger partial charge in [0, 0.05) is 5.56 Å². The molecule has 1 aliphatic rings. The van der Waals surface area contributed by atoms with E-state index < -0.39 is 5.97 Å². The van der Waals surface area contributed by atoms with Crippen molar-refractivity contribution >= 4 is 17.9 Å². The van der Waals surface area contributed by atoms with Crippen LogP contribution in [0.25, 0.3) is 17.3 Å². The maximum Gasteiger partial charge on any atom is 0.363 e. The van der Waals surface area contributed by atoms with Gasteiger partial charge in [-0.1, -0.05) is 47.6 Å². The first-order chi connectivity index (χ1) is 12.6. The van der Waals surface area contributed by atoms with Gasteiger partial charge in [0.05, 0.1) is 0 Å². The number of cyclic esters (lactones) is 1. The van der Waals surface area contributed by atoms with Crippen LogP contribution in [0.3, 0.4) is 0 Å². The lowest BCUT2D eigenvalue weighted by Crippen LogP contribution is -2.07. The monoisotopic (exact) mass is 348 g/mol. The Morgan fingerprint density at radius 3 is 2.50 bits per heavy atom. The van der Waals surface area contributed by atoms with E-state index in [0.29, 0.717) is 22.6 Å². The average Bonchev–Trinajstić information content (AvgIpc) is 3.20. The molecule has 5 nitrogen and oxygen atoms in total. The van der Waals surface area contributed by atoms with Crippen LogP contribution in [0.5, 0.6) is 0 Å². The van der Waals surface area contributed by atoms with E-state index >= 15 is 0 Å². The lowest BCUT2D eigenvalue weighted by molar-refractivity contribution is -0.129. The summed E-state index contributed by atoms with van der Waals surface area (Å²) in [7, 11) is 0. The van der Waals surface area contributed by atoms with Crippen molar-refractivity contribution in [1.29, 1.82) is 0 Å². The van der Waals surface area contributed by atoms with Gasteiger partial charge in [0.15, 0.2) is 5.70 Å². The fourth-order valence-corrected chi connectivity index (χ4v) is 2.65. The number of aromatic nitrogens is 1. The van der Waals surface area contributed by atoms with Gasteiger partial charge in [0.2, 0.25) is 5.90 Å². The normalized spacial score (nSPS) is 15.2. The SMILES string of the molecule is Cc1onc(-c2ccccc2)c1C1=NC(=Cc2ccc(F)cc2)C(=O)O1. The highest BCUT2D eigenvalue weighted by molar-refractivity contribution is 6.15. The molecular formula is C20H13FN2O3. The number of halogens is 1. The zero-order valence-corrected chi connectivity index (χ0v) is 13.8. The number of benzene rings is 2. The summed E-state index contributed by atoms with van der Waals surface area (Å²) in [5, 5.41) is 4.07. The second-order valence-corrected chi connectivity index (χ2v) is 5.72. The fraction of sp³-hybridized carbons (Fsp3) is 0.0500. The van der Waals surface area contributed by atoms with Crippen molar-refractivity contribution in [3.63, 3.8) is 0 Å². The van der Waals surface area contributed by atoms with E-state index in [1.54, 1.807) is 25.1 Å². The van der Waals surface area contributed by atoms with Crippen LogP contribution < -0.4 is 0 Å². The molecule has 26 heavy (non-hydrogen) atoms. The number of hydrogen-bond donors (Lipinski definition) is 0.